The fourth-order valence-electron chi connectivity index (χ4n) is 10.0. The first-order valence-electron chi connectivity index (χ1n) is 20.1. The summed E-state index contributed by atoms with van der Waals surface area (Å²) < 4.78 is 46.9. The van der Waals surface area contributed by atoms with Crippen LogP contribution in [0.5, 0.6) is 5.75 Å². The number of carbonyl (C=O) groups is 2. The van der Waals surface area contributed by atoms with Crippen molar-refractivity contribution in [2.45, 2.75) is 82.0 Å². The van der Waals surface area contributed by atoms with E-state index in [0.717, 1.165) is 62.2 Å². The quantitative estimate of drug-likeness (QED) is 0.140. The molecule has 2 aromatic carbocycles. The fourth-order valence-corrected chi connectivity index (χ4v) is 12.1. The molecular weight excluding hydrogens is 766 g/mol. The van der Waals surface area contributed by atoms with Crippen LogP contribution in [0.25, 0.3) is 0 Å². The van der Waals surface area contributed by atoms with E-state index < -0.39 is 21.7 Å². The minimum absolute atomic E-state index is 0.0173. The van der Waals surface area contributed by atoms with Gasteiger partial charge in [0.15, 0.2) is 5.88 Å². The molecule has 3 aliphatic heterocycles. The molecule has 7 rings (SSSR count). The van der Waals surface area contributed by atoms with Gasteiger partial charge in [0, 0.05) is 49.5 Å². The second-order valence-electron chi connectivity index (χ2n) is 16.5. The third-order valence-corrected chi connectivity index (χ3v) is 15.0. The predicted octanol–water partition coefficient (Wildman–Crippen LogP) is 6.40. The highest BCUT2D eigenvalue weighted by atomic mass is 35.5. The second kappa shape index (κ2) is 17.1. The van der Waals surface area contributed by atoms with E-state index in [2.05, 4.69) is 37.7 Å². The average molecular weight is 822 g/mol. The molecule has 57 heavy (non-hydrogen) atoms. The topological polar surface area (TPSA) is 154 Å². The van der Waals surface area contributed by atoms with Crippen LogP contribution in [-0.2, 0) is 40.8 Å². The number of halogens is 1. The lowest BCUT2D eigenvalue weighted by Gasteiger charge is -2.47. The van der Waals surface area contributed by atoms with Crippen molar-refractivity contribution >= 4 is 45.2 Å². The largest absolute Gasteiger partial charge is 0.490 e. The van der Waals surface area contributed by atoms with Crippen molar-refractivity contribution in [1.29, 1.82) is 0 Å². The van der Waals surface area contributed by atoms with Gasteiger partial charge in [-0.3, -0.25) is 19.3 Å². The highest BCUT2D eigenvalue weighted by Gasteiger charge is 2.47. The number of nitrogens with zero attached hydrogens (tertiary/aromatic N) is 3. The number of nitrogens with one attached hydrogen (secondary N) is 1. The fraction of sp³-hybridized carbons (Fsp3) is 0.558. The summed E-state index contributed by atoms with van der Waals surface area (Å²) in [4.78, 5) is 34.4. The van der Waals surface area contributed by atoms with Gasteiger partial charge < -0.3 is 29.6 Å². The number of nitrogens with two attached hydrogens (primary N) is 1. The minimum atomic E-state index is -3.78. The Morgan fingerprint density at radius 1 is 1.21 bits per heavy atom. The van der Waals surface area contributed by atoms with Gasteiger partial charge in [0.05, 0.1) is 43.5 Å². The van der Waals surface area contributed by atoms with Gasteiger partial charge in [0.2, 0.25) is 0 Å². The molecule has 3 N–H and O–H groups in total. The molecule has 9 atom stereocenters. The number of anilines is 1. The Hall–Kier alpha value is -3.91. The molecule has 14 heteroatoms. The van der Waals surface area contributed by atoms with E-state index in [-0.39, 0.29) is 58.3 Å². The molecule has 1 unspecified atom stereocenters. The average Bonchev–Trinajstić information content (AvgIpc) is 3.51. The SMILES string of the molecule is C=CC[C@H]1C[C@@H]2C[C@H](OC)[C@@H]3CC[C@H]3CN3C[C@@]4(CCCc5cc(Cl)ccc54)COc4ccc(cc43)C(=O)N=S(=O)(NC(=O)/C(C=NC)=C(/N)OC)C[C@@H](C)[C@H]2O1. The number of hydrogen-bond donors (Lipinski definition) is 2. The Bertz CT molecular complexity index is 2070. The first-order valence-corrected chi connectivity index (χ1v) is 22.1. The molecule has 5 aliphatic rings. The standard InChI is InChI=1S/C43H56ClN5O7S/c1-6-8-32-18-30-20-38(53-4)33-13-10-29(33)22-49-24-43(16-7-9-27-17-31(44)12-14-35(27)43)25-55-37-15-11-28(19-36(37)49)41(50)47-57(52,23-26(2)39(30)56-32)48-42(51)34(21-46-3)40(45)54-5/h6,11-12,14-15,17,19,21,26,29-30,32-33,38-39H,1,7-10,13,16,18,20,22-25,45H2,2-5H3,(H,47,48,50,51,52)/b40-34-,46-21?/t26-,29+,30-,32+,33-,38+,39-,43+,57?/m1/s1. The van der Waals surface area contributed by atoms with Crippen LogP contribution in [0.15, 0.2) is 69.9 Å². The van der Waals surface area contributed by atoms with Crippen LogP contribution in [0.3, 0.4) is 0 Å². The number of amides is 2. The minimum Gasteiger partial charge on any atom is -0.490 e. The Balaban J connectivity index is 1.34. The Labute approximate surface area is 341 Å². The third-order valence-electron chi connectivity index (χ3n) is 12.9. The lowest BCUT2D eigenvalue weighted by molar-refractivity contribution is -0.115. The highest BCUT2D eigenvalue weighted by molar-refractivity contribution is 7.92. The molecule has 3 heterocycles. The van der Waals surface area contributed by atoms with Gasteiger partial charge >= 0.3 is 0 Å². The van der Waals surface area contributed by atoms with Crippen LogP contribution >= 0.6 is 11.6 Å². The number of rotatable bonds is 7. The van der Waals surface area contributed by atoms with Gasteiger partial charge in [-0.1, -0.05) is 30.7 Å². The molecule has 2 bridgehead atoms. The Morgan fingerprint density at radius 3 is 2.75 bits per heavy atom. The molecule has 2 aliphatic carbocycles. The first kappa shape index (κ1) is 41.3. The lowest BCUT2D eigenvalue weighted by Crippen LogP contribution is -2.50. The maximum absolute atomic E-state index is 15.1. The summed E-state index contributed by atoms with van der Waals surface area (Å²) in [5, 5.41) is 0.726. The van der Waals surface area contributed by atoms with Gasteiger partial charge in [-0.15, -0.1) is 10.9 Å². The summed E-state index contributed by atoms with van der Waals surface area (Å²) in [6, 6.07) is 11.5. The summed E-state index contributed by atoms with van der Waals surface area (Å²) in [5.41, 5.74) is 9.10. The normalized spacial score (nSPS) is 33.0. The van der Waals surface area contributed by atoms with Crippen molar-refractivity contribution in [3.63, 3.8) is 0 Å². The van der Waals surface area contributed by atoms with Gasteiger partial charge in [0.25, 0.3) is 11.8 Å². The lowest BCUT2D eigenvalue weighted by atomic mass is 9.67. The van der Waals surface area contributed by atoms with E-state index in [1.807, 2.05) is 25.1 Å². The number of ether oxygens (including phenoxy) is 4. The van der Waals surface area contributed by atoms with Gasteiger partial charge in [-0.05, 0) is 116 Å². The second-order valence-corrected chi connectivity index (χ2v) is 19.0. The molecular formula is C43H56ClN5O7S. The molecule has 2 amide bonds. The zero-order valence-electron chi connectivity index (χ0n) is 33.4. The zero-order chi connectivity index (χ0) is 40.5. The molecule has 1 saturated carbocycles. The van der Waals surface area contributed by atoms with Crippen molar-refractivity contribution in [1.82, 2.24) is 4.72 Å². The smallest absolute Gasteiger partial charge is 0.286 e. The van der Waals surface area contributed by atoms with Gasteiger partial charge in [-0.25, -0.2) is 4.21 Å². The number of fused-ring (bicyclic) bond motifs is 5. The van der Waals surface area contributed by atoms with Crippen molar-refractivity contribution in [2.24, 2.45) is 38.8 Å². The first-order chi connectivity index (χ1) is 27.4. The molecule has 1 spiro atoms. The van der Waals surface area contributed by atoms with Gasteiger partial charge in [-0.2, -0.15) is 0 Å². The van der Waals surface area contributed by atoms with Crippen LogP contribution < -0.4 is 20.1 Å². The summed E-state index contributed by atoms with van der Waals surface area (Å²) in [6.45, 7) is 7.81. The highest BCUT2D eigenvalue weighted by Crippen LogP contribution is 2.48. The number of aryl methyl sites for hydroxylation is 1. The predicted molar refractivity (Wildman–Crippen MR) is 223 cm³/mol. The number of aliphatic imine (C=N–C) groups is 1. The number of benzene rings is 2. The van der Waals surface area contributed by atoms with Crippen molar-refractivity contribution in [3.8, 4) is 5.75 Å². The van der Waals surface area contributed by atoms with Gasteiger partial charge in [0.1, 0.15) is 21.2 Å². The molecule has 12 nitrogen and oxygen atoms in total. The van der Waals surface area contributed by atoms with E-state index in [0.29, 0.717) is 37.2 Å². The van der Waals surface area contributed by atoms with E-state index >= 15 is 4.21 Å². The number of methoxy groups -OCH3 is 2. The Morgan fingerprint density at radius 2 is 2.04 bits per heavy atom. The summed E-state index contributed by atoms with van der Waals surface area (Å²) in [6.07, 6.45) is 9.92. The summed E-state index contributed by atoms with van der Waals surface area (Å²) in [5.74, 6) is -0.856. The molecule has 0 aromatic heterocycles. The van der Waals surface area contributed by atoms with Crippen molar-refractivity contribution in [2.75, 3.05) is 51.6 Å². The monoisotopic (exact) mass is 821 g/mol. The summed E-state index contributed by atoms with van der Waals surface area (Å²) >= 11 is 6.50. The number of carbonyl (C=O) groups excluding carboxylic acids is 2. The van der Waals surface area contributed by atoms with E-state index in [1.54, 1.807) is 19.2 Å². The van der Waals surface area contributed by atoms with Crippen molar-refractivity contribution < 1.29 is 32.7 Å². The van der Waals surface area contributed by atoms with E-state index in [4.69, 9.17) is 36.3 Å². The summed E-state index contributed by atoms with van der Waals surface area (Å²) in [7, 11) is 0.816. The van der Waals surface area contributed by atoms with Crippen LogP contribution in [-0.4, -0.2) is 87.3 Å². The molecule has 2 aromatic rings. The molecule has 308 valence electrons. The Kier molecular flexibility index (Phi) is 12.4. The molecule has 0 radical (unpaired) electrons. The van der Waals surface area contributed by atoms with E-state index in [1.165, 1.54) is 31.5 Å². The van der Waals surface area contributed by atoms with Crippen LogP contribution in [0.2, 0.25) is 5.02 Å². The number of hydrogen-bond acceptors (Lipinski definition) is 10. The van der Waals surface area contributed by atoms with Crippen LogP contribution in [0.1, 0.15) is 73.4 Å². The zero-order valence-corrected chi connectivity index (χ0v) is 35.0. The molecule has 2 fully saturated rings. The van der Waals surface area contributed by atoms with Crippen molar-refractivity contribution in [3.05, 3.63) is 82.2 Å². The molecule has 1 saturated heterocycles. The van der Waals surface area contributed by atoms with Crippen LogP contribution in [0, 0.1) is 23.7 Å². The maximum Gasteiger partial charge on any atom is 0.286 e. The third kappa shape index (κ3) is 8.49. The van der Waals surface area contributed by atoms with Crippen LogP contribution in [0.4, 0.5) is 5.69 Å². The van der Waals surface area contributed by atoms with E-state index in [9.17, 15) is 9.59 Å². The maximum atomic E-state index is 15.1.